The van der Waals surface area contributed by atoms with Crippen LogP contribution in [0, 0.1) is 23.2 Å². The van der Waals surface area contributed by atoms with Gasteiger partial charge in [0.05, 0.1) is 12.0 Å². The number of hydrogen-bond acceptors (Lipinski definition) is 5. The van der Waals surface area contributed by atoms with Crippen LogP contribution < -0.4 is 0 Å². The summed E-state index contributed by atoms with van der Waals surface area (Å²) in [6, 6.07) is 0. The number of carbonyl (C=O) groups excluding carboxylic acids is 1. The molecule has 0 unspecified atom stereocenters. The Labute approximate surface area is 149 Å². The first-order chi connectivity index (χ1) is 11.6. The van der Waals surface area contributed by atoms with Crippen molar-refractivity contribution in [2.24, 2.45) is 23.2 Å². The molecular formula is C19H29NO3S. The van der Waals surface area contributed by atoms with Crippen molar-refractivity contribution in [1.29, 1.82) is 0 Å². The van der Waals surface area contributed by atoms with E-state index in [1.54, 1.807) is 0 Å². The molecule has 5 aliphatic rings. The number of carbonyl (C=O) groups is 1. The fourth-order valence-corrected chi connectivity index (χ4v) is 7.48. The Morgan fingerprint density at radius 1 is 1.33 bits per heavy atom. The number of hydrogen-bond donors (Lipinski definition) is 0. The number of fused-ring (bicyclic) bond motifs is 2. The Bertz CT molecular complexity index is 551. The van der Waals surface area contributed by atoms with E-state index in [2.05, 4.69) is 18.7 Å². The first-order valence-electron chi connectivity index (χ1n) is 9.74. The van der Waals surface area contributed by atoms with Crippen LogP contribution in [0.3, 0.4) is 0 Å². The second kappa shape index (κ2) is 5.37. The first kappa shape index (κ1) is 16.0. The number of thioether (sulfide) groups is 1. The van der Waals surface area contributed by atoms with E-state index in [1.165, 1.54) is 30.8 Å². The van der Waals surface area contributed by atoms with Crippen molar-refractivity contribution in [3.8, 4) is 0 Å². The van der Waals surface area contributed by atoms with E-state index in [9.17, 15) is 4.79 Å². The zero-order valence-corrected chi connectivity index (χ0v) is 15.6. The highest BCUT2D eigenvalue weighted by Gasteiger charge is 2.78. The van der Waals surface area contributed by atoms with Gasteiger partial charge in [0.2, 0.25) is 0 Å². The zero-order chi connectivity index (χ0) is 16.5. The first-order valence-corrected chi connectivity index (χ1v) is 10.9. The summed E-state index contributed by atoms with van der Waals surface area (Å²) in [6.45, 7) is 7.85. The number of ether oxygens (including phenoxy) is 2. The second-order valence-corrected chi connectivity index (χ2v) is 10.2. The molecule has 4 nitrogen and oxygen atoms in total. The van der Waals surface area contributed by atoms with E-state index in [-0.39, 0.29) is 35.1 Å². The summed E-state index contributed by atoms with van der Waals surface area (Å²) in [5, 5.41) is 0. The molecule has 5 heteroatoms. The standard InChI is InChI=1S/C19H29NO3S/c1-12-4-3-5-18(2)10-14-15(16-19(12,18)23-16)13(17(21)22-14)11-20-6-8-24-9-7-20/h12-16H,3-11H2,1-2H3/t12-,13-,14+,15+,16-,18+,19-/m0/s1. The Balaban J connectivity index is 1.40. The van der Waals surface area contributed by atoms with Gasteiger partial charge in [0.1, 0.15) is 11.7 Å². The summed E-state index contributed by atoms with van der Waals surface area (Å²) in [7, 11) is 0. The van der Waals surface area contributed by atoms with E-state index in [4.69, 9.17) is 9.47 Å². The van der Waals surface area contributed by atoms with Gasteiger partial charge in [0.25, 0.3) is 0 Å². The minimum absolute atomic E-state index is 0.0288. The van der Waals surface area contributed by atoms with Crippen LogP contribution >= 0.6 is 11.8 Å². The van der Waals surface area contributed by atoms with Gasteiger partial charge in [-0.05, 0) is 25.2 Å². The normalized spacial score (nSPS) is 53.8. The van der Waals surface area contributed by atoms with Crippen LogP contribution in [-0.2, 0) is 14.3 Å². The summed E-state index contributed by atoms with van der Waals surface area (Å²) < 4.78 is 12.4. The molecular weight excluding hydrogens is 322 g/mol. The maximum atomic E-state index is 12.7. The predicted molar refractivity (Wildman–Crippen MR) is 94.0 cm³/mol. The largest absolute Gasteiger partial charge is 0.462 e. The summed E-state index contributed by atoms with van der Waals surface area (Å²) in [5.41, 5.74) is 0.240. The highest BCUT2D eigenvalue weighted by molar-refractivity contribution is 7.99. The van der Waals surface area contributed by atoms with Gasteiger partial charge in [0.15, 0.2) is 0 Å². The average Bonchev–Trinajstić information content (AvgIpc) is 3.24. The van der Waals surface area contributed by atoms with Crippen molar-refractivity contribution in [1.82, 2.24) is 4.90 Å². The molecule has 0 aromatic carbocycles. The summed E-state index contributed by atoms with van der Waals surface area (Å²) in [4.78, 5) is 15.1. The van der Waals surface area contributed by atoms with Crippen molar-refractivity contribution in [3.05, 3.63) is 0 Å². The van der Waals surface area contributed by atoms with Crippen LogP contribution in [-0.4, -0.2) is 59.8 Å². The van der Waals surface area contributed by atoms with Gasteiger partial charge in [-0.15, -0.1) is 0 Å². The molecule has 7 atom stereocenters. The molecule has 2 aliphatic carbocycles. The molecule has 0 amide bonds. The fraction of sp³-hybridized carbons (Fsp3) is 0.947. The molecule has 2 saturated carbocycles. The number of epoxide rings is 1. The van der Waals surface area contributed by atoms with Crippen LogP contribution in [0.5, 0.6) is 0 Å². The highest BCUT2D eigenvalue weighted by atomic mass is 32.2. The van der Waals surface area contributed by atoms with Gasteiger partial charge in [-0.3, -0.25) is 4.79 Å². The van der Waals surface area contributed by atoms with Crippen molar-refractivity contribution in [2.45, 2.75) is 57.3 Å². The fourth-order valence-electron chi connectivity index (χ4n) is 6.50. The Morgan fingerprint density at radius 2 is 2.12 bits per heavy atom. The monoisotopic (exact) mass is 351 g/mol. The van der Waals surface area contributed by atoms with Crippen LogP contribution in [0.25, 0.3) is 0 Å². The third kappa shape index (κ3) is 2.04. The summed E-state index contributed by atoms with van der Waals surface area (Å²) >= 11 is 2.02. The molecule has 134 valence electrons. The maximum Gasteiger partial charge on any atom is 0.311 e. The molecule has 0 bridgehead atoms. The van der Waals surface area contributed by atoms with Crippen molar-refractivity contribution in [3.63, 3.8) is 0 Å². The lowest BCUT2D eigenvalue weighted by atomic mass is 9.53. The molecule has 0 aromatic rings. The van der Waals surface area contributed by atoms with Gasteiger partial charge in [-0.2, -0.15) is 11.8 Å². The van der Waals surface area contributed by atoms with Gasteiger partial charge in [0, 0.05) is 42.5 Å². The van der Waals surface area contributed by atoms with Crippen molar-refractivity contribution in [2.75, 3.05) is 31.1 Å². The third-order valence-corrected chi connectivity index (χ3v) is 8.70. The Hall–Kier alpha value is -0.260. The second-order valence-electron chi connectivity index (χ2n) is 8.96. The molecule has 24 heavy (non-hydrogen) atoms. The van der Waals surface area contributed by atoms with Gasteiger partial charge in [-0.25, -0.2) is 0 Å². The molecule has 5 rings (SSSR count). The molecule has 0 radical (unpaired) electrons. The lowest BCUT2D eigenvalue weighted by molar-refractivity contribution is -0.146. The summed E-state index contributed by atoms with van der Waals surface area (Å²) in [5.74, 6) is 3.36. The van der Waals surface area contributed by atoms with Crippen molar-refractivity contribution < 1.29 is 14.3 Å². The lowest BCUT2D eigenvalue weighted by Gasteiger charge is -2.49. The zero-order valence-electron chi connectivity index (χ0n) is 14.8. The van der Waals surface area contributed by atoms with Crippen molar-refractivity contribution >= 4 is 17.7 Å². The molecule has 3 heterocycles. The topological polar surface area (TPSA) is 42.1 Å². The average molecular weight is 352 g/mol. The summed E-state index contributed by atoms with van der Waals surface area (Å²) in [6.07, 6.45) is 5.14. The molecule has 0 aromatic heterocycles. The minimum atomic E-state index is 0.0288. The van der Waals surface area contributed by atoms with E-state index >= 15 is 0 Å². The van der Waals surface area contributed by atoms with Gasteiger partial charge < -0.3 is 14.4 Å². The third-order valence-electron chi connectivity index (χ3n) is 7.75. The predicted octanol–water partition coefficient (Wildman–Crippen LogP) is 2.56. The molecule has 3 saturated heterocycles. The lowest BCUT2D eigenvalue weighted by Crippen LogP contribution is -2.54. The van der Waals surface area contributed by atoms with Crippen LogP contribution in [0.2, 0.25) is 0 Å². The van der Waals surface area contributed by atoms with Gasteiger partial charge >= 0.3 is 5.97 Å². The van der Waals surface area contributed by atoms with E-state index in [0.717, 1.165) is 26.1 Å². The van der Waals surface area contributed by atoms with Gasteiger partial charge in [-0.1, -0.05) is 20.3 Å². The minimum Gasteiger partial charge on any atom is -0.462 e. The van der Waals surface area contributed by atoms with E-state index in [0.29, 0.717) is 11.8 Å². The number of nitrogens with zero attached hydrogens (tertiary/aromatic N) is 1. The Kier molecular flexibility index (Phi) is 3.57. The molecule has 1 spiro atoms. The Morgan fingerprint density at radius 3 is 2.92 bits per heavy atom. The molecule has 0 N–H and O–H groups in total. The van der Waals surface area contributed by atoms with E-state index in [1.807, 2.05) is 11.8 Å². The quantitative estimate of drug-likeness (QED) is 0.565. The SMILES string of the molecule is C[C@H]1CCC[C@]2(C)C[C@H]3OC(=O)[C@@H](CN4CCSCC4)[C@H]3[C@@H]3O[C@@]132. The van der Waals surface area contributed by atoms with Crippen LogP contribution in [0.4, 0.5) is 0 Å². The number of rotatable bonds is 2. The van der Waals surface area contributed by atoms with E-state index < -0.39 is 0 Å². The highest BCUT2D eigenvalue weighted by Crippen LogP contribution is 2.70. The maximum absolute atomic E-state index is 12.7. The van der Waals surface area contributed by atoms with Crippen LogP contribution in [0.1, 0.15) is 39.5 Å². The van der Waals surface area contributed by atoms with Crippen LogP contribution in [0.15, 0.2) is 0 Å². The molecule has 3 aliphatic heterocycles. The molecule has 5 fully saturated rings. The number of esters is 1. The smallest absolute Gasteiger partial charge is 0.311 e.